The molecule has 1 saturated carbocycles. The van der Waals surface area contributed by atoms with Crippen LogP contribution in [0, 0.1) is 0 Å². The standard InChI is InChI=1S/C18H21N3O2S/c22-17(21-9-10-23-16-8-4-3-7-15(16)21)12-24-18-14-6-2-1-5-13(14)11-19-20-18/h1-2,5-6,11,15-16H,3-4,7-10,12H2. The van der Waals surface area contributed by atoms with Crippen molar-refractivity contribution in [3.63, 3.8) is 0 Å². The summed E-state index contributed by atoms with van der Waals surface area (Å²) in [5.74, 6) is 0.598. The van der Waals surface area contributed by atoms with Gasteiger partial charge in [0.05, 0.1) is 30.7 Å². The number of thioether (sulfide) groups is 1. The molecule has 2 unspecified atom stereocenters. The van der Waals surface area contributed by atoms with Crippen molar-refractivity contribution in [3.05, 3.63) is 30.5 Å². The Balaban J connectivity index is 1.46. The predicted octanol–water partition coefficient (Wildman–Crippen LogP) is 2.89. The van der Waals surface area contributed by atoms with Gasteiger partial charge in [0.15, 0.2) is 0 Å². The molecule has 0 N–H and O–H groups in total. The van der Waals surface area contributed by atoms with Crippen molar-refractivity contribution >= 4 is 28.4 Å². The number of carbonyl (C=O) groups is 1. The zero-order chi connectivity index (χ0) is 16.4. The fourth-order valence-electron chi connectivity index (χ4n) is 3.73. The van der Waals surface area contributed by atoms with E-state index in [1.807, 2.05) is 29.2 Å². The van der Waals surface area contributed by atoms with Gasteiger partial charge in [-0.15, -0.1) is 5.10 Å². The van der Waals surface area contributed by atoms with Gasteiger partial charge >= 0.3 is 0 Å². The van der Waals surface area contributed by atoms with Crippen molar-refractivity contribution in [3.8, 4) is 0 Å². The minimum absolute atomic E-state index is 0.190. The molecule has 1 aromatic carbocycles. The Labute approximate surface area is 145 Å². The van der Waals surface area contributed by atoms with Crippen LogP contribution in [0.1, 0.15) is 25.7 Å². The monoisotopic (exact) mass is 343 g/mol. The molecule has 2 heterocycles. The van der Waals surface area contributed by atoms with Crippen LogP contribution in [0.4, 0.5) is 0 Å². The topological polar surface area (TPSA) is 55.3 Å². The fourth-order valence-corrected chi connectivity index (χ4v) is 4.60. The predicted molar refractivity (Wildman–Crippen MR) is 94.0 cm³/mol. The minimum Gasteiger partial charge on any atom is -0.374 e. The lowest BCUT2D eigenvalue weighted by molar-refractivity contribution is -0.146. The summed E-state index contributed by atoms with van der Waals surface area (Å²) in [5.41, 5.74) is 0. The van der Waals surface area contributed by atoms with Crippen molar-refractivity contribution in [2.75, 3.05) is 18.9 Å². The zero-order valence-electron chi connectivity index (χ0n) is 13.6. The van der Waals surface area contributed by atoms with Crippen LogP contribution < -0.4 is 0 Å². The summed E-state index contributed by atoms with van der Waals surface area (Å²) >= 11 is 1.49. The van der Waals surface area contributed by atoms with Crippen molar-refractivity contribution < 1.29 is 9.53 Å². The summed E-state index contributed by atoms with van der Waals surface area (Å²) in [6.07, 6.45) is 6.54. The second-order valence-electron chi connectivity index (χ2n) is 6.37. The van der Waals surface area contributed by atoms with Crippen LogP contribution in [0.3, 0.4) is 0 Å². The molecule has 2 aliphatic rings. The van der Waals surface area contributed by atoms with E-state index in [1.54, 1.807) is 6.20 Å². The maximum Gasteiger partial charge on any atom is 0.233 e. The minimum atomic E-state index is 0.190. The highest BCUT2D eigenvalue weighted by molar-refractivity contribution is 8.00. The SMILES string of the molecule is O=C(CSc1nncc2ccccc12)N1CCOC2CCCCC21. The van der Waals surface area contributed by atoms with Crippen molar-refractivity contribution in [2.45, 2.75) is 42.9 Å². The van der Waals surface area contributed by atoms with E-state index >= 15 is 0 Å². The molecule has 126 valence electrons. The molecule has 0 bridgehead atoms. The molecule has 1 aromatic heterocycles. The van der Waals surface area contributed by atoms with Gasteiger partial charge in [-0.05, 0) is 12.8 Å². The van der Waals surface area contributed by atoms with Crippen molar-refractivity contribution in [1.29, 1.82) is 0 Å². The zero-order valence-corrected chi connectivity index (χ0v) is 14.4. The number of morpholine rings is 1. The second-order valence-corrected chi connectivity index (χ2v) is 7.34. The number of benzene rings is 1. The van der Waals surface area contributed by atoms with Crippen LogP contribution >= 0.6 is 11.8 Å². The third kappa shape index (κ3) is 3.13. The number of amides is 1. The van der Waals surface area contributed by atoms with Gasteiger partial charge in [-0.2, -0.15) is 5.10 Å². The first kappa shape index (κ1) is 15.8. The van der Waals surface area contributed by atoms with Gasteiger partial charge in [-0.25, -0.2) is 0 Å². The Morgan fingerprint density at radius 2 is 2.17 bits per heavy atom. The van der Waals surface area contributed by atoms with Crippen LogP contribution in [-0.2, 0) is 9.53 Å². The van der Waals surface area contributed by atoms with Crippen LogP contribution in [0.25, 0.3) is 10.8 Å². The van der Waals surface area contributed by atoms with E-state index in [2.05, 4.69) is 10.2 Å². The molecule has 2 fully saturated rings. The summed E-state index contributed by atoms with van der Waals surface area (Å²) in [6.45, 7) is 1.37. The number of aromatic nitrogens is 2. The Kier molecular flexibility index (Phi) is 4.67. The summed E-state index contributed by atoms with van der Waals surface area (Å²) in [5, 5.41) is 11.2. The summed E-state index contributed by atoms with van der Waals surface area (Å²) in [7, 11) is 0. The molecule has 4 rings (SSSR count). The molecule has 5 nitrogen and oxygen atoms in total. The van der Waals surface area contributed by atoms with E-state index in [4.69, 9.17) is 4.74 Å². The van der Waals surface area contributed by atoms with Gasteiger partial charge in [0.1, 0.15) is 5.03 Å². The number of ether oxygens (including phenoxy) is 1. The Hall–Kier alpha value is -1.66. The molecular weight excluding hydrogens is 322 g/mol. The number of nitrogens with zero attached hydrogens (tertiary/aromatic N) is 3. The van der Waals surface area contributed by atoms with Crippen LogP contribution in [0.15, 0.2) is 35.5 Å². The lowest BCUT2D eigenvalue weighted by atomic mass is 9.90. The maximum absolute atomic E-state index is 12.8. The summed E-state index contributed by atoms with van der Waals surface area (Å²) < 4.78 is 5.86. The highest BCUT2D eigenvalue weighted by Crippen LogP contribution is 2.30. The molecule has 1 amide bonds. The Bertz CT molecular complexity index is 732. The highest BCUT2D eigenvalue weighted by Gasteiger charge is 2.36. The van der Waals surface area contributed by atoms with E-state index in [0.29, 0.717) is 18.9 Å². The number of hydrogen-bond donors (Lipinski definition) is 0. The van der Waals surface area contributed by atoms with Gasteiger partial charge in [-0.3, -0.25) is 4.79 Å². The van der Waals surface area contributed by atoms with Gasteiger partial charge in [-0.1, -0.05) is 48.9 Å². The second kappa shape index (κ2) is 7.07. The highest BCUT2D eigenvalue weighted by atomic mass is 32.2. The molecular formula is C18H21N3O2S. The molecule has 1 aliphatic heterocycles. The smallest absolute Gasteiger partial charge is 0.233 e. The Morgan fingerprint density at radius 3 is 3.12 bits per heavy atom. The van der Waals surface area contributed by atoms with E-state index in [9.17, 15) is 4.79 Å². The normalized spacial score (nSPS) is 23.9. The first-order valence-corrected chi connectivity index (χ1v) is 9.56. The maximum atomic E-state index is 12.8. The van der Waals surface area contributed by atoms with E-state index in [0.717, 1.165) is 28.6 Å². The Morgan fingerprint density at radius 1 is 1.29 bits per heavy atom. The van der Waals surface area contributed by atoms with Crippen LogP contribution in [-0.4, -0.2) is 52.1 Å². The number of carbonyl (C=O) groups excluding carboxylic acids is 1. The molecule has 2 aromatic rings. The quantitative estimate of drug-likeness (QED) is 0.802. The van der Waals surface area contributed by atoms with Gasteiger partial charge in [0.25, 0.3) is 0 Å². The van der Waals surface area contributed by atoms with E-state index < -0.39 is 0 Å². The number of fused-ring (bicyclic) bond motifs is 2. The lowest BCUT2D eigenvalue weighted by Gasteiger charge is -2.43. The van der Waals surface area contributed by atoms with Crippen molar-refractivity contribution in [1.82, 2.24) is 15.1 Å². The lowest BCUT2D eigenvalue weighted by Crippen LogP contribution is -2.55. The van der Waals surface area contributed by atoms with Gasteiger partial charge < -0.3 is 9.64 Å². The summed E-state index contributed by atoms with van der Waals surface area (Å²) in [4.78, 5) is 14.8. The van der Waals surface area contributed by atoms with Crippen LogP contribution in [0.2, 0.25) is 0 Å². The number of rotatable bonds is 3. The van der Waals surface area contributed by atoms with Crippen molar-refractivity contribution in [2.24, 2.45) is 0 Å². The molecule has 6 heteroatoms. The van der Waals surface area contributed by atoms with E-state index in [-0.39, 0.29) is 18.1 Å². The van der Waals surface area contributed by atoms with Crippen LogP contribution in [0.5, 0.6) is 0 Å². The van der Waals surface area contributed by atoms with E-state index in [1.165, 1.54) is 24.6 Å². The first-order chi connectivity index (χ1) is 11.8. The molecule has 2 atom stereocenters. The first-order valence-electron chi connectivity index (χ1n) is 8.57. The fraction of sp³-hybridized carbons (Fsp3) is 0.500. The molecule has 24 heavy (non-hydrogen) atoms. The molecule has 1 aliphatic carbocycles. The molecule has 0 spiro atoms. The third-order valence-corrected chi connectivity index (χ3v) is 5.89. The molecule has 0 radical (unpaired) electrons. The number of hydrogen-bond acceptors (Lipinski definition) is 5. The average Bonchev–Trinajstić information content (AvgIpc) is 2.65. The van der Waals surface area contributed by atoms with Gasteiger partial charge in [0, 0.05) is 17.3 Å². The average molecular weight is 343 g/mol. The van der Waals surface area contributed by atoms with Gasteiger partial charge in [0.2, 0.25) is 5.91 Å². The largest absolute Gasteiger partial charge is 0.374 e. The molecule has 1 saturated heterocycles. The third-order valence-electron chi connectivity index (χ3n) is 4.92. The summed E-state index contributed by atoms with van der Waals surface area (Å²) in [6, 6.07) is 8.29.